The number of nitrogens with zero attached hydrogens (tertiary/aromatic N) is 4. The van der Waals surface area contributed by atoms with Crippen LogP contribution in [0.1, 0.15) is 43.3 Å². The van der Waals surface area contributed by atoms with E-state index in [1.165, 1.54) is 0 Å². The number of carbonyl (C=O) groups excluding carboxylic acids is 1. The molecule has 128 valence electrons. The molecule has 0 saturated carbocycles. The average Bonchev–Trinajstić information content (AvgIpc) is 3.35. The van der Waals surface area contributed by atoms with Gasteiger partial charge in [-0.15, -0.1) is 0 Å². The zero-order chi connectivity index (χ0) is 16.5. The van der Waals surface area contributed by atoms with Gasteiger partial charge in [0.05, 0.1) is 11.8 Å². The van der Waals surface area contributed by atoms with E-state index in [2.05, 4.69) is 10.1 Å². The summed E-state index contributed by atoms with van der Waals surface area (Å²) in [6.45, 7) is 5.18. The lowest BCUT2D eigenvalue weighted by atomic mass is 9.97. The highest BCUT2D eigenvalue weighted by molar-refractivity contribution is 5.74. The van der Waals surface area contributed by atoms with E-state index in [0.717, 1.165) is 63.2 Å². The Hall–Kier alpha value is -2.31. The molecule has 24 heavy (non-hydrogen) atoms. The number of hydrogen-bond acceptors (Lipinski definition) is 5. The van der Waals surface area contributed by atoms with Crippen LogP contribution < -0.4 is 0 Å². The van der Waals surface area contributed by atoms with Crippen LogP contribution in [0, 0.1) is 6.92 Å². The summed E-state index contributed by atoms with van der Waals surface area (Å²) in [5.41, 5.74) is 0.867. The van der Waals surface area contributed by atoms with Crippen molar-refractivity contribution < 1.29 is 13.7 Å². The van der Waals surface area contributed by atoms with Gasteiger partial charge >= 0.3 is 6.03 Å². The smallest absolute Gasteiger partial charge is 0.319 e. The van der Waals surface area contributed by atoms with Gasteiger partial charge in [-0.05, 0) is 38.7 Å². The molecular formula is C17H22N4O3. The third-order valence-corrected chi connectivity index (χ3v) is 5.03. The van der Waals surface area contributed by atoms with Crippen molar-refractivity contribution in [3.05, 3.63) is 24.0 Å². The third-order valence-electron chi connectivity index (χ3n) is 5.03. The van der Waals surface area contributed by atoms with Crippen molar-refractivity contribution in [2.24, 2.45) is 0 Å². The summed E-state index contributed by atoms with van der Waals surface area (Å²) in [7, 11) is 0. The Morgan fingerprint density at radius 1 is 1.17 bits per heavy atom. The minimum atomic E-state index is 0.186. The zero-order valence-electron chi connectivity index (χ0n) is 13.9. The number of urea groups is 1. The fraction of sp³-hybridized carbons (Fsp3) is 0.588. The third kappa shape index (κ3) is 2.79. The van der Waals surface area contributed by atoms with Gasteiger partial charge in [0.2, 0.25) is 11.7 Å². The molecule has 2 fully saturated rings. The number of carbonyl (C=O) groups is 1. The summed E-state index contributed by atoms with van der Waals surface area (Å²) in [5, 5.41) is 4.08. The normalized spacial score (nSPS) is 19.2. The number of aryl methyl sites for hydroxylation is 1. The highest BCUT2D eigenvalue weighted by atomic mass is 16.5. The molecule has 0 aromatic carbocycles. The number of likely N-dealkylation sites (tertiary alicyclic amines) is 2. The Kier molecular flexibility index (Phi) is 4.00. The monoisotopic (exact) mass is 330 g/mol. The van der Waals surface area contributed by atoms with Crippen LogP contribution in [0.5, 0.6) is 0 Å². The van der Waals surface area contributed by atoms with Crippen molar-refractivity contribution in [3.8, 4) is 11.4 Å². The van der Waals surface area contributed by atoms with E-state index in [4.69, 9.17) is 8.94 Å². The van der Waals surface area contributed by atoms with Crippen LogP contribution in [-0.4, -0.2) is 52.2 Å². The van der Waals surface area contributed by atoms with Gasteiger partial charge in [-0.3, -0.25) is 0 Å². The number of piperidine rings is 1. The summed E-state index contributed by atoms with van der Waals surface area (Å²) in [5.74, 6) is 2.25. The molecule has 4 rings (SSSR count). The van der Waals surface area contributed by atoms with Gasteiger partial charge in [0.15, 0.2) is 0 Å². The van der Waals surface area contributed by atoms with Crippen LogP contribution in [0.25, 0.3) is 11.4 Å². The molecule has 0 bridgehead atoms. The largest absolute Gasteiger partial charge is 0.469 e. The Labute approximate surface area is 140 Å². The maximum atomic E-state index is 12.4. The molecule has 0 spiro atoms. The Morgan fingerprint density at radius 3 is 2.54 bits per heavy atom. The number of aromatic nitrogens is 2. The Balaban J connectivity index is 1.38. The van der Waals surface area contributed by atoms with Crippen LogP contribution in [0.4, 0.5) is 4.79 Å². The first kappa shape index (κ1) is 15.2. The first-order chi connectivity index (χ1) is 11.7. The minimum Gasteiger partial charge on any atom is -0.469 e. The molecule has 0 N–H and O–H groups in total. The standard InChI is InChI=1S/C17H22N4O3/c1-12-14(6-11-23-12)15-18-16(24-19-15)13-4-9-21(10-5-13)17(22)20-7-2-3-8-20/h6,11,13H,2-5,7-10H2,1H3. The Bertz CT molecular complexity index is 709. The van der Waals surface area contributed by atoms with Crippen molar-refractivity contribution in [2.75, 3.05) is 26.2 Å². The average molecular weight is 330 g/mol. The van der Waals surface area contributed by atoms with Gasteiger partial charge in [0.25, 0.3) is 0 Å². The number of rotatable bonds is 2. The number of hydrogen-bond donors (Lipinski definition) is 0. The van der Waals surface area contributed by atoms with Crippen molar-refractivity contribution in [3.63, 3.8) is 0 Å². The molecular weight excluding hydrogens is 308 g/mol. The van der Waals surface area contributed by atoms with Crippen molar-refractivity contribution >= 4 is 6.03 Å². The maximum absolute atomic E-state index is 12.4. The Morgan fingerprint density at radius 2 is 1.88 bits per heavy atom. The SMILES string of the molecule is Cc1occc1-c1noc(C2CCN(C(=O)N3CCCC3)CC2)n1. The second kappa shape index (κ2) is 6.30. The molecule has 7 heteroatoms. The fourth-order valence-corrected chi connectivity index (χ4v) is 3.55. The summed E-state index contributed by atoms with van der Waals surface area (Å²) >= 11 is 0. The minimum absolute atomic E-state index is 0.186. The summed E-state index contributed by atoms with van der Waals surface area (Å²) in [6, 6.07) is 2.03. The molecule has 2 aromatic rings. The fourth-order valence-electron chi connectivity index (χ4n) is 3.55. The maximum Gasteiger partial charge on any atom is 0.319 e. The molecule has 0 unspecified atom stereocenters. The van der Waals surface area contributed by atoms with E-state index in [1.54, 1.807) is 6.26 Å². The molecule has 0 aliphatic carbocycles. The van der Waals surface area contributed by atoms with Gasteiger partial charge < -0.3 is 18.7 Å². The summed E-state index contributed by atoms with van der Waals surface area (Å²) in [6.07, 6.45) is 5.61. The van der Waals surface area contributed by atoms with Crippen molar-refractivity contribution in [2.45, 2.75) is 38.5 Å². The van der Waals surface area contributed by atoms with Gasteiger partial charge in [0.1, 0.15) is 5.76 Å². The van der Waals surface area contributed by atoms with Gasteiger partial charge in [-0.25, -0.2) is 4.79 Å². The molecule has 4 heterocycles. The summed E-state index contributed by atoms with van der Waals surface area (Å²) in [4.78, 5) is 20.9. The second-order valence-corrected chi connectivity index (χ2v) is 6.58. The quantitative estimate of drug-likeness (QED) is 0.846. The lowest BCUT2D eigenvalue weighted by Gasteiger charge is -2.33. The first-order valence-electron chi connectivity index (χ1n) is 8.64. The summed E-state index contributed by atoms with van der Waals surface area (Å²) < 4.78 is 10.8. The van der Waals surface area contributed by atoms with Gasteiger partial charge in [-0.1, -0.05) is 5.16 Å². The van der Waals surface area contributed by atoms with E-state index in [1.807, 2.05) is 22.8 Å². The molecule has 7 nitrogen and oxygen atoms in total. The van der Waals surface area contributed by atoms with Crippen LogP contribution >= 0.6 is 0 Å². The van der Waals surface area contributed by atoms with E-state index in [9.17, 15) is 4.79 Å². The zero-order valence-corrected chi connectivity index (χ0v) is 13.9. The highest BCUT2D eigenvalue weighted by Gasteiger charge is 2.30. The second-order valence-electron chi connectivity index (χ2n) is 6.58. The topological polar surface area (TPSA) is 75.6 Å². The van der Waals surface area contributed by atoms with E-state index >= 15 is 0 Å². The van der Waals surface area contributed by atoms with E-state index in [0.29, 0.717) is 11.7 Å². The van der Waals surface area contributed by atoms with Gasteiger partial charge in [0, 0.05) is 32.1 Å². The van der Waals surface area contributed by atoms with Crippen molar-refractivity contribution in [1.29, 1.82) is 0 Å². The molecule has 2 saturated heterocycles. The van der Waals surface area contributed by atoms with Crippen LogP contribution in [0.2, 0.25) is 0 Å². The predicted octanol–water partition coefficient (Wildman–Crippen LogP) is 3.03. The van der Waals surface area contributed by atoms with Crippen molar-refractivity contribution in [1.82, 2.24) is 19.9 Å². The number of furan rings is 1. The van der Waals surface area contributed by atoms with E-state index in [-0.39, 0.29) is 11.9 Å². The van der Waals surface area contributed by atoms with Crippen LogP contribution in [-0.2, 0) is 0 Å². The van der Waals surface area contributed by atoms with Gasteiger partial charge in [-0.2, -0.15) is 4.98 Å². The number of amides is 2. The highest BCUT2D eigenvalue weighted by Crippen LogP contribution is 2.30. The molecule has 0 atom stereocenters. The van der Waals surface area contributed by atoms with E-state index < -0.39 is 0 Å². The van der Waals surface area contributed by atoms with Crippen LogP contribution in [0.15, 0.2) is 21.3 Å². The first-order valence-corrected chi connectivity index (χ1v) is 8.64. The molecule has 2 aliphatic rings. The lowest BCUT2D eigenvalue weighted by Crippen LogP contribution is -2.45. The predicted molar refractivity (Wildman–Crippen MR) is 86.5 cm³/mol. The lowest BCUT2D eigenvalue weighted by molar-refractivity contribution is 0.144. The molecule has 0 radical (unpaired) electrons. The van der Waals surface area contributed by atoms with Crippen LogP contribution in [0.3, 0.4) is 0 Å². The molecule has 2 amide bonds. The molecule has 2 aromatic heterocycles. The molecule has 2 aliphatic heterocycles.